The molecule has 3 nitrogen and oxygen atoms in total. The molecule has 18 heavy (non-hydrogen) atoms. The highest BCUT2D eigenvalue weighted by Gasteiger charge is 2.21. The van der Waals surface area contributed by atoms with Crippen molar-refractivity contribution < 1.29 is 9.84 Å². The van der Waals surface area contributed by atoms with E-state index in [0.29, 0.717) is 18.2 Å². The van der Waals surface area contributed by atoms with Crippen LogP contribution in [0.2, 0.25) is 5.02 Å². The van der Waals surface area contributed by atoms with Crippen LogP contribution in [0.5, 0.6) is 0 Å². The predicted octanol–water partition coefficient (Wildman–Crippen LogP) is 2.85. The second-order valence-corrected chi connectivity index (χ2v) is 5.41. The topological polar surface area (TPSA) is 41.5 Å². The first kappa shape index (κ1) is 13.7. The number of aliphatic hydroxyl groups is 1. The number of halogens is 1. The van der Waals surface area contributed by atoms with E-state index in [4.69, 9.17) is 16.3 Å². The highest BCUT2D eigenvalue weighted by atomic mass is 35.5. The molecular formula is C14H20ClNO2. The van der Waals surface area contributed by atoms with Gasteiger partial charge >= 0.3 is 0 Å². The number of rotatable bonds is 7. The maximum Gasteiger partial charge on any atom is 0.0945 e. The maximum absolute atomic E-state index is 9.76. The minimum atomic E-state index is -0.499. The fraction of sp³-hybridized carbons (Fsp3) is 0.571. The van der Waals surface area contributed by atoms with E-state index in [1.54, 1.807) is 0 Å². The fourth-order valence-electron chi connectivity index (χ4n) is 1.71. The van der Waals surface area contributed by atoms with Crippen molar-refractivity contribution in [2.45, 2.75) is 25.9 Å². The molecule has 0 saturated heterocycles. The Morgan fingerprint density at radius 2 is 2.28 bits per heavy atom. The van der Waals surface area contributed by atoms with E-state index in [0.717, 1.165) is 23.8 Å². The summed E-state index contributed by atoms with van der Waals surface area (Å²) in [6.07, 6.45) is 2.04. The molecule has 1 atom stereocenters. The summed E-state index contributed by atoms with van der Waals surface area (Å²) in [6, 6.07) is 5.82. The molecule has 1 fully saturated rings. The zero-order valence-corrected chi connectivity index (χ0v) is 11.4. The van der Waals surface area contributed by atoms with Crippen LogP contribution in [0.1, 0.15) is 18.4 Å². The minimum Gasteiger partial charge on any atom is -0.389 e. The van der Waals surface area contributed by atoms with E-state index in [2.05, 4.69) is 5.32 Å². The van der Waals surface area contributed by atoms with Gasteiger partial charge in [-0.25, -0.2) is 0 Å². The van der Waals surface area contributed by atoms with E-state index in [-0.39, 0.29) is 0 Å². The normalized spacial score (nSPS) is 16.6. The summed E-state index contributed by atoms with van der Waals surface area (Å²) in [5, 5.41) is 13.6. The van der Waals surface area contributed by atoms with Crippen LogP contribution in [0.3, 0.4) is 0 Å². The molecule has 0 amide bonds. The quantitative estimate of drug-likeness (QED) is 0.800. The summed E-state index contributed by atoms with van der Waals surface area (Å²) >= 11 is 6.09. The van der Waals surface area contributed by atoms with Gasteiger partial charge in [-0.05, 0) is 43.4 Å². The lowest BCUT2D eigenvalue weighted by Gasteiger charge is -2.14. The fourth-order valence-corrected chi connectivity index (χ4v) is 2.01. The maximum atomic E-state index is 9.76. The van der Waals surface area contributed by atoms with Crippen LogP contribution in [0.4, 0.5) is 5.69 Å². The molecular weight excluding hydrogens is 250 g/mol. The molecule has 0 aliphatic heterocycles. The highest BCUT2D eigenvalue weighted by molar-refractivity contribution is 6.33. The van der Waals surface area contributed by atoms with E-state index < -0.39 is 6.10 Å². The summed E-state index contributed by atoms with van der Waals surface area (Å²) in [5.74, 6) is 0.733. The van der Waals surface area contributed by atoms with Crippen molar-refractivity contribution in [2.75, 3.05) is 25.1 Å². The Labute approximate surface area is 113 Å². The Balaban J connectivity index is 1.68. The third-order valence-corrected chi connectivity index (χ3v) is 3.33. The summed E-state index contributed by atoms with van der Waals surface area (Å²) < 4.78 is 5.43. The average Bonchev–Trinajstić information content (AvgIpc) is 3.12. The van der Waals surface area contributed by atoms with Gasteiger partial charge in [-0.2, -0.15) is 0 Å². The molecule has 2 rings (SSSR count). The second-order valence-electron chi connectivity index (χ2n) is 5.00. The number of hydrogen-bond acceptors (Lipinski definition) is 3. The van der Waals surface area contributed by atoms with Crippen molar-refractivity contribution in [2.24, 2.45) is 5.92 Å². The SMILES string of the molecule is Cc1ccc(NCC(O)COCC2CC2)c(Cl)c1. The van der Waals surface area contributed by atoms with E-state index in [9.17, 15) is 5.11 Å². The van der Waals surface area contributed by atoms with Crippen LogP contribution in [0.25, 0.3) is 0 Å². The van der Waals surface area contributed by atoms with Crippen LogP contribution in [0.15, 0.2) is 18.2 Å². The van der Waals surface area contributed by atoms with Crippen molar-refractivity contribution in [3.8, 4) is 0 Å². The third kappa shape index (κ3) is 4.48. The van der Waals surface area contributed by atoms with Gasteiger partial charge in [-0.3, -0.25) is 0 Å². The van der Waals surface area contributed by atoms with Gasteiger partial charge in [0.05, 0.1) is 23.4 Å². The number of ether oxygens (including phenoxy) is 1. The molecule has 1 aliphatic carbocycles. The smallest absolute Gasteiger partial charge is 0.0945 e. The molecule has 1 aromatic carbocycles. The molecule has 1 aromatic rings. The summed E-state index contributed by atoms with van der Waals surface area (Å²) in [5.41, 5.74) is 1.97. The number of anilines is 1. The van der Waals surface area contributed by atoms with Crippen LogP contribution < -0.4 is 5.32 Å². The van der Waals surface area contributed by atoms with E-state index in [1.165, 1.54) is 12.8 Å². The molecule has 100 valence electrons. The average molecular weight is 270 g/mol. The van der Waals surface area contributed by atoms with Gasteiger partial charge in [0.1, 0.15) is 0 Å². The predicted molar refractivity (Wildman–Crippen MR) is 74.2 cm³/mol. The van der Waals surface area contributed by atoms with Gasteiger partial charge < -0.3 is 15.2 Å². The number of nitrogens with one attached hydrogen (secondary N) is 1. The van der Waals surface area contributed by atoms with Crippen LogP contribution >= 0.6 is 11.6 Å². The third-order valence-electron chi connectivity index (χ3n) is 3.01. The lowest BCUT2D eigenvalue weighted by atomic mass is 10.2. The number of aryl methyl sites for hydroxylation is 1. The van der Waals surface area contributed by atoms with Crippen molar-refractivity contribution in [1.82, 2.24) is 0 Å². The van der Waals surface area contributed by atoms with Crippen molar-refractivity contribution in [1.29, 1.82) is 0 Å². The van der Waals surface area contributed by atoms with Gasteiger partial charge in [0, 0.05) is 13.2 Å². The van der Waals surface area contributed by atoms with Gasteiger partial charge in [0.15, 0.2) is 0 Å². The molecule has 0 heterocycles. The van der Waals surface area contributed by atoms with Gasteiger partial charge in [0.2, 0.25) is 0 Å². The lowest BCUT2D eigenvalue weighted by Crippen LogP contribution is -2.25. The molecule has 4 heteroatoms. The molecule has 1 unspecified atom stereocenters. The Kier molecular flexibility index (Phi) is 4.87. The standard InChI is InChI=1S/C14H20ClNO2/c1-10-2-5-14(13(15)6-10)16-7-12(17)9-18-8-11-3-4-11/h2,5-6,11-12,16-17H,3-4,7-9H2,1H3. The molecule has 1 saturated carbocycles. The van der Waals surface area contributed by atoms with Crippen molar-refractivity contribution in [3.05, 3.63) is 28.8 Å². The Morgan fingerprint density at radius 1 is 1.50 bits per heavy atom. The number of hydrogen-bond donors (Lipinski definition) is 2. The zero-order chi connectivity index (χ0) is 13.0. The number of aliphatic hydroxyl groups excluding tert-OH is 1. The molecule has 0 aromatic heterocycles. The second kappa shape index (κ2) is 6.41. The van der Waals surface area contributed by atoms with Gasteiger partial charge in [-0.15, -0.1) is 0 Å². The number of benzene rings is 1. The first-order chi connectivity index (χ1) is 8.65. The lowest BCUT2D eigenvalue weighted by molar-refractivity contribution is 0.0386. The van der Waals surface area contributed by atoms with Crippen LogP contribution in [0, 0.1) is 12.8 Å². The van der Waals surface area contributed by atoms with Gasteiger partial charge in [-0.1, -0.05) is 17.7 Å². The largest absolute Gasteiger partial charge is 0.389 e. The van der Waals surface area contributed by atoms with E-state index in [1.807, 2.05) is 25.1 Å². The minimum absolute atomic E-state index is 0.382. The van der Waals surface area contributed by atoms with Crippen molar-refractivity contribution >= 4 is 17.3 Å². The molecule has 2 N–H and O–H groups in total. The summed E-state index contributed by atoms with van der Waals surface area (Å²) in [4.78, 5) is 0. The Bertz CT molecular complexity index is 393. The summed E-state index contributed by atoms with van der Waals surface area (Å²) in [7, 11) is 0. The molecule has 0 spiro atoms. The summed E-state index contributed by atoms with van der Waals surface area (Å²) in [6.45, 7) is 3.61. The Hall–Kier alpha value is -0.770. The van der Waals surface area contributed by atoms with Crippen LogP contribution in [-0.2, 0) is 4.74 Å². The van der Waals surface area contributed by atoms with Crippen LogP contribution in [-0.4, -0.2) is 31.0 Å². The first-order valence-corrected chi connectivity index (χ1v) is 6.79. The van der Waals surface area contributed by atoms with Crippen molar-refractivity contribution in [3.63, 3.8) is 0 Å². The van der Waals surface area contributed by atoms with E-state index >= 15 is 0 Å². The Morgan fingerprint density at radius 3 is 2.94 bits per heavy atom. The monoisotopic (exact) mass is 269 g/mol. The zero-order valence-electron chi connectivity index (χ0n) is 10.7. The molecule has 1 aliphatic rings. The van der Waals surface area contributed by atoms with Gasteiger partial charge in [0.25, 0.3) is 0 Å². The molecule has 0 bridgehead atoms. The first-order valence-electron chi connectivity index (χ1n) is 6.41. The highest BCUT2D eigenvalue weighted by Crippen LogP contribution is 2.28. The molecule has 0 radical (unpaired) electrons.